The second-order valence-corrected chi connectivity index (χ2v) is 8.33. The van der Waals surface area contributed by atoms with Crippen LogP contribution in [0.4, 0.5) is 11.5 Å². The predicted molar refractivity (Wildman–Crippen MR) is 125 cm³/mol. The quantitative estimate of drug-likeness (QED) is 0.491. The van der Waals surface area contributed by atoms with Crippen molar-refractivity contribution in [3.8, 4) is 33.9 Å². The molecule has 1 aliphatic rings. The number of ether oxygens (including phenoxy) is 1. The average Bonchev–Trinajstić information content (AvgIpc) is 3.52. The van der Waals surface area contributed by atoms with Crippen molar-refractivity contribution in [3.05, 3.63) is 71.7 Å². The minimum absolute atomic E-state index is 0.0968. The topological polar surface area (TPSA) is 101 Å². The largest absolute Gasteiger partial charge is 0.489 e. The lowest BCUT2D eigenvalue weighted by molar-refractivity contribution is 0.225. The molecule has 7 nitrogen and oxygen atoms in total. The molecule has 0 amide bonds. The summed E-state index contributed by atoms with van der Waals surface area (Å²) >= 11 is 1.47. The van der Waals surface area contributed by atoms with Gasteiger partial charge in [0, 0.05) is 24.5 Å². The van der Waals surface area contributed by atoms with Crippen molar-refractivity contribution < 1.29 is 4.74 Å². The molecule has 4 aromatic rings. The number of hydrogen-bond donors (Lipinski definition) is 1. The van der Waals surface area contributed by atoms with Crippen LogP contribution in [-0.2, 0) is 0 Å². The van der Waals surface area contributed by atoms with Crippen LogP contribution in [0.25, 0.3) is 22.1 Å². The first kappa shape index (κ1) is 20.0. The highest BCUT2D eigenvalue weighted by Gasteiger charge is 2.25. The molecule has 2 N–H and O–H groups in total. The van der Waals surface area contributed by atoms with Crippen LogP contribution in [0.3, 0.4) is 0 Å². The van der Waals surface area contributed by atoms with Gasteiger partial charge in [-0.1, -0.05) is 24.3 Å². The number of nitriles is 1. The van der Waals surface area contributed by atoms with Gasteiger partial charge in [-0.3, -0.25) is 0 Å². The molecule has 1 fully saturated rings. The number of aromatic nitrogens is 3. The van der Waals surface area contributed by atoms with Gasteiger partial charge >= 0.3 is 0 Å². The van der Waals surface area contributed by atoms with Gasteiger partial charge in [0.1, 0.15) is 45.7 Å². The zero-order valence-corrected chi connectivity index (χ0v) is 18.0. The Morgan fingerprint density at radius 2 is 1.97 bits per heavy atom. The van der Waals surface area contributed by atoms with Crippen molar-refractivity contribution >= 4 is 22.8 Å². The Morgan fingerprint density at radius 1 is 1.09 bits per heavy atom. The van der Waals surface area contributed by atoms with Crippen LogP contribution in [0.2, 0.25) is 0 Å². The van der Waals surface area contributed by atoms with E-state index in [1.54, 1.807) is 12.3 Å². The first-order chi connectivity index (χ1) is 15.7. The van der Waals surface area contributed by atoms with Crippen molar-refractivity contribution in [1.29, 1.82) is 5.26 Å². The molecule has 1 saturated heterocycles. The van der Waals surface area contributed by atoms with Crippen molar-refractivity contribution in [3.63, 3.8) is 0 Å². The van der Waals surface area contributed by atoms with Crippen molar-refractivity contribution in [1.82, 2.24) is 15.0 Å². The van der Waals surface area contributed by atoms with E-state index in [-0.39, 0.29) is 6.10 Å². The van der Waals surface area contributed by atoms with Crippen LogP contribution in [-0.4, -0.2) is 34.1 Å². The summed E-state index contributed by atoms with van der Waals surface area (Å²) in [6.45, 7) is 1.58. The molecule has 1 aliphatic heterocycles. The highest BCUT2D eigenvalue weighted by molar-refractivity contribution is 7.13. The normalized spacial score (nSPS) is 15.5. The minimum atomic E-state index is 0.0968. The fraction of sp³-hybridized carbons (Fsp3) is 0.167. The first-order valence-electron chi connectivity index (χ1n) is 10.3. The van der Waals surface area contributed by atoms with E-state index in [1.165, 1.54) is 11.3 Å². The van der Waals surface area contributed by atoms with E-state index in [0.717, 1.165) is 36.1 Å². The summed E-state index contributed by atoms with van der Waals surface area (Å²) in [5, 5.41) is 12.3. The highest BCUT2D eigenvalue weighted by atomic mass is 32.1. The highest BCUT2D eigenvalue weighted by Crippen LogP contribution is 2.31. The molecule has 158 valence electrons. The number of nitrogens with two attached hydrogens (primary N) is 1. The Kier molecular flexibility index (Phi) is 5.40. The second-order valence-electron chi connectivity index (χ2n) is 7.44. The van der Waals surface area contributed by atoms with E-state index in [1.807, 2.05) is 53.9 Å². The molecule has 1 aromatic carbocycles. The van der Waals surface area contributed by atoms with E-state index < -0.39 is 0 Å². The minimum Gasteiger partial charge on any atom is -0.489 e. The molecule has 0 spiro atoms. The van der Waals surface area contributed by atoms with Gasteiger partial charge in [0.05, 0.1) is 17.9 Å². The lowest BCUT2D eigenvalue weighted by Gasteiger charge is -2.19. The van der Waals surface area contributed by atoms with Crippen LogP contribution in [0, 0.1) is 11.3 Å². The third kappa shape index (κ3) is 3.98. The number of rotatable bonds is 5. The molecule has 32 heavy (non-hydrogen) atoms. The predicted octanol–water partition coefficient (Wildman–Crippen LogP) is 4.38. The lowest BCUT2D eigenvalue weighted by Crippen LogP contribution is -2.25. The zero-order chi connectivity index (χ0) is 21.9. The van der Waals surface area contributed by atoms with Gasteiger partial charge < -0.3 is 15.4 Å². The Hall–Kier alpha value is -3.96. The summed E-state index contributed by atoms with van der Waals surface area (Å²) < 4.78 is 6.10. The van der Waals surface area contributed by atoms with Crippen molar-refractivity contribution in [2.45, 2.75) is 12.5 Å². The molecule has 0 aliphatic carbocycles. The van der Waals surface area contributed by atoms with Crippen LogP contribution in [0.5, 0.6) is 5.75 Å². The van der Waals surface area contributed by atoms with Gasteiger partial charge in [0.25, 0.3) is 0 Å². The van der Waals surface area contributed by atoms with Gasteiger partial charge in [-0.2, -0.15) is 5.26 Å². The maximum absolute atomic E-state index is 9.70. The smallest absolute Gasteiger partial charge is 0.141 e. The number of para-hydroxylation sites is 1. The molecule has 4 heterocycles. The molecular formula is C24H20N6OS. The number of thiazole rings is 1. The number of benzene rings is 1. The van der Waals surface area contributed by atoms with Gasteiger partial charge in [-0.15, -0.1) is 11.3 Å². The van der Waals surface area contributed by atoms with Gasteiger partial charge in [-0.25, -0.2) is 15.0 Å². The third-order valence-electron chi connectivity index (χ3n) is 5.31. The summed E-state index contributed by atoms with van der Waals surface area (Å²) in [5.41, 5.74) is 8.59. The maximum atomic E-state index is 9.70. The Bertz CT molecular complexity index is 1270. The number of nitrogens with zero attached hydrogens (tertiary/aromatic N) is 5. The van der Waals surface area contributed by atoms with Crippen molar-refractivity contribution in [2.24, 2.45) is 0 Å². The molecule has 1 atom stereocenters. The van der Waals surface area contributed by atoms with E-state index in [0.29, 0.717) is 28.3 Å². The third-order valence-corrected chi connectivity index (χ3v) is 6.10. The average molecular weight is 441 g/mol. The molecule has 8 heteroatoms. The zero-order valence-electron chi connectivity index (χ0n) is 17.2. The molecule has 1 unspecified atom stereocenters. The SMILES string of the molecule is N#Cc1c(N)cc(-c2nccs2)nc1-c1cccc(N2CCC(Oc3ccccc3)C2)n1. The lowest BCUT2D eigenvalue weighted by atomic mass is 10.1. The van der Waals surface area contributed by atoms with Gasteiger partial charge in [-0.05, 0) is 30.3 Å². The van der Waals surface area contributed by atoms with Crippen LogP contribution in [0.1, 0.15) is 12.0 Å². The van der Waals surface area contributed by atoms with Crippen LogP contribution in [0.15, 0.2) is 66.2 Å². The van der Waals surface area contributed by atoms with Crippen molar-refractivity contribution in [2.75, 3.05) is 23.7 Å². The Balaban J connectivity index is 1.43. The molecule has 5 rings (SSSR count). The second kappa shape index (κ2) is 8.65. The van der Waals surface area contributed by atoms with E-state index in [4.69, 9.17) is 20.4 Å². The van der Waals surface area contributed by atoms with E-state index >= 15 is 0 Å². The number of anilines is 2. The van der Waals surface area contributed by atoms with Crippen LogP contribution >= 0.6 is 11.3 Å². The van der Waals surface area contributed by atoms with Crippen LogP contribution < -0.4 is 15.4 Å². The maximum Gasteiger partial charge on any atom is 0.141 e. The first-order valence-corrected chi connectivity index (χ1v) is 11.1. The molecule has 0 radical (unpaired) electrons. The number of hydrogen-bond acceptors (Lipinski definition) is 8. The Morgan fingerprint density at radius 3 is 2.75 bits per heavy atom. The summed E-state index contributed by atoms with van der Waals surface area (Å²) in [7, 11) is 0. The summed E-state index contributed by atoms with van der Waals surface area (Å²) in [5.74, 6) is 1.70. The molecular weight excluding hydrogens is 420 g/mol. The molecule has 3 aromatic heterocycles. The van der Waals surface area contributed by atoms with E-state index in [2.05, 4.69) is 16.0 Å². The monoisotopic (exact) mass is 440 g/mol. The number of pyridine rings is 2. The Labute approximate surface area is 189 Å². The summed E-state index contributed by atoms with van der Waals surface area (Å²) in [6.07, 6.45) is 2.73. The summed E-state index contributed by atoms with van der Waals surface area (Å²) in [4.78, 5) is 16.0. The fourth-order valence-corrected chi connectivity index (χ4v) is 4.38. The van der Waals surface area contributed by atoms with E-state index in [9.17, 15) is 5.26 Å². The molecule has 0 saturated carbocycles. The number of nitrogen functional groups attached to an aromatic ring is 1. The van der Waals surface area contributed by atoms with Gasteiger partial charge in [0.2, 0.25) is 0 Å². The summed E-state index contributed by atoms with van der Waals surface area (Å²) in [6, 6.07) is 19.5. The fourth-order valence-electron chi connectivity index (χ4n) is 3.78. The standard InChI is InChI=1S/C24H20N6OS/c25-14-18-19(26)13-21(24-27-10-12-32-24)29-23(18)20-7-4-8-22(28-20)30-11-9-17(15-30)31-16-5-2-1-3-6-16/h1-8,10,12-13,17H,9,11,15H2,(H2,26,29). The van der Waals surface area contributed by atoms with Gasteiger partial charge in [0.15, 0.2) is 0 Å². The molecule has 0 bridgehead atoms.